The van der Waals surface area contributed by atoms with E-state index in [0.717, 1.165) is 31.4 Å². The summed E-state index contributed by atoms with van der Waals surface area (Å²) >= 11 is 1.44. The number of benzene rings is 1. The van der Waals surface area contributed by atoms with E-state index in [-0.39, 0.29) is 25.4 Å². The SMILES string of the molecule is O=C(O)CCN(Cc1ccc(F)c(F)c1)C(=O)c1cc2c(s1)CCC2. The van der Waals surface area contributed by atoms with Gasteiger partial charge in [-0.3, -0.25) is 9.59 Å². The summed E-state index contributed by atoms with van der Waals surface area (Å²) in [6, 6.07) is 5.30. The summed E-state index contributed by atoms with van der Waals surface area (Å²) in [5, 5.41) is 8.91. The number of rotatable bonds is 6. The van der Waals surface area contributed by atoms with Crippen LogP contribution in [-0.4, -0.2) is 28.4 Å². The Hall–Kier alpha value is -2.28. The molecule has 25 heavy (non-hydrogen) atoms. The fraction of sp³-hybridized carbons (Fsp3) is 0.333. The first-order chi connectivity index (χ1) is 11.9. The molecule has 0 fully saturated rings. The average Bonchev–Trinajstić information content (AvgIpc) is 3.15. The van der Waals surface area contributed by atoms with Crippen molar-refractivity contribution < 1.29 is 23.5 Å². The molecule has 0 bridgehead atoms. The monoisotopic (exact) mass is 365 g/mol. The molecular weight excluding hydrogens is 348 g/mol. The zero-order valence-corrected chi connectivity index (χ0v) is 14.2. The quantitative estimate of drug-likeness (QED) is 0.850. The van der Waals surface area contributed by atoms with Gasteiger partial charge in [0.1, 0.15) is 0 Å². The van der Waals surface area contributed by atoms with Crippen LogP contribution in [0, 0.1) is 11.6 Å². The predicted molar refractivity (Wildman–Crippen MR) is 89.7 cm³/mol. The van der Waals surface area contributed by atoms with E-state index in [1.165, 1.54) is 32.7 Å². The van der Waals surface area contributed by atoms with Crippen LogP contribution in [0.3, 0.4) is 0 Å². The van der Waals surface area contributed by atoms with Crippen molar-refractivity contribution in [2.45, 2.75) is 32.2 Å². The van der Waals surface area contributed by atoms with E-state index in [1.807, 2.05) is 6.07 Å². The van der Waals surface area contributed by atoms with Crippen LogP contribution in [0.5, 0.6) is 0 Å². The van der Waals surface area contributed by atoms with Crippen LogP contribution in [-0.2, 0) is 24.2 Å². The molecule has 0 saturated carbocycles. The number of carboxylic acid groups (broad SMARTS) is 1. The molecule has 4 nitrogen and oxygen atoms in total. The lowest BCUT2D eigenvalue weighted by molar-refractivity contribution is -0.137. The number of aliphatic carboxylic acids is 1. The molecule has 0 atom stereocenters. The largest absolute Gasteiger partial charge is 0.481 e. The minimum absolute atomic E-state index is 0.00965. The molecule has 0 spiro atoms. The van der Waals surface area contributed by atoms with Crippen molar-refractivity contribution >= 4 is 23.2 Å². The molecule has 7 heteroatoms. The first-order valence-corrected chi connectivity index (χ1v) is 8.82. The van der Waals surface area contributed by atoms with E-state index >= 15 is 0 Å². The van der Waals surface area contributed by atoms with Crippen LogP contribution < -0.4 is 0 Å². The van der Waals surface area contributed by atoms with Crippen molar-refractivity contribution in [2.24, 2.45) is 0 Å². The third kappa shape index (κ3) is 4.04. The third-order valence-corrected chi connectivity index (χ3v) is 5.42. The number of thiophene rings is 1. The van der Waals surface area contributed by atoms with Crippen molar-refractivity contribution in [1.29, 1.82) is 0 Å². The zero-order chi connectivity index (χ0) is 18.0. The Bertz CT molecular complexity index is 797. The Labute approximate surface area is 147 Å². The van der Waals surface area contributed by atoms with Crippen LogP contribution in [0.25, 0.3) is 0 Å². The highest BCUT2D eigenvalue weighted by molar-refractivity contribution is 7.14. The summed E-state index contributed by atoms with van der Waals surface area (Å²) < 4.78 is 26.5. The van der Waals surface area contributed by atoms with Gasteiger partial charge in [0.25, 0.3) is 5.91 Å². The van der Waals surface area contributed by atoms with Gasteiger partial charge in [-0.05, 0) is 48.6 Å². The molecule has 0 aliphatic heterocycles. The molecule has 1 aromatic heterocycles. The van der Waals surface area contributed by atoms with Crippen molar-refractivity contribution in [3.63, 3.8) is 0 Å². The number of carbonyl (C=O) groups is 2. The number of nitrogens with zero attached hydrogens (tertiary/aromatic N) is 1. The normalized spacial score (nSPS) is 12.9. The van der Waals surface area contributed by atoms with Gasteiger partial charge in [0.2, 0.25) is 0 Å². The summed E-state index contributed by atoms with van der Waals surface area (Å²) in [5.41, 5.74) is 1.60. The number of aryl methyl sites for hydroxylation is 2. The Morgan fingerprint density at radius 3 is 2.64 bits per heavy atom. The number of fused-ring (bicyclic) bond motifs is 1. The maximum absolute atomic E-state index is 13.4. The predicted octanol–water partition coefficient (Wildman–Crippen LogP) is 3.63. The lowest BCUT2D eigenvalue weighted by Crippen LogP contribution is -2.32. The lowest BCUT2D eigenvalue weighted by Gasteiger charge is -2.21. The number of carboxylic acids is 1. The van der Waals surface area contributed by atoms with Crippen molar-refractivity contribution in [2.75, 3.05) is 6.54 Å². The highest BCUT2D eigenvalue weighted by Crippen LogP contribution is 2.31. The fourth-order valence-corrected chi connectivity index (χ4v) is 4.15. The summed E-state index contributed by atoms with van der Waals surface area (Å²) in [7, 11) is 0. The van der Waals surface area contributed by atoms with E-state index in [4.69, 9.17) is 5.11 Å². The molecule has 0 saturated heterocycles. The molecule has 132 valence electrons. The molecule has 1 aliphatic rings. The first kappa shape index (κ1) is 17.5. The molecule has 1 heterocycles. The van der Waals surface area contributed by atoms with Crippen LogP contribution in [0.4, 0.5) is 8.78 Å². The minimum atomic E-state index is -1.02. The first-order valence-electron chi connectivity index (χ1n) is 8.00. The third-order valence-electron chi connectivity index (χ3n) is 4.20. The number of carbonyl (C=O) groups excluding carboxylic acids is 1. The van der Waals surface area contributed by atoms with Crippen LogP contribution in [0.15, 0.2) is 24.3 Å². The number of halogens is 2. The number of hydrogen-bond donors (Lipinski definition) is 1. The van der Waals surface area contributed by atoms with Crippen LogP contribution in [0.1, 0.15) is 38.5 Å². The van der Waals surface area contributed by atoms with Gasteiger partial charge in [-0.25, -0.2) is 8.78 Å². The Morgan fingerprint density at radius 2 is 1.96 bits per heavy atom. The molecule has 1 aromatic carbocycles. The Morgan fingerprint density at radius 1 is 1.16 bits per heavy atom. The van der Waals surface area contributed by atoms with Gasteiger partial charge in [-0.1, -0.05) is 6.07 Å². The van der Waals surface area contributed by atoms with Crippen molar-refractivity contribution in [1.82, 2.24) is 4.90 Å². The summed E-state index contributed by atoms with van der Waals surface area (Å²) in [6.07, 6.45) is 2.80. The topological polar surface area (TPSA) is 57.6 Å². The highest BCUT2D eigenvalue weighted by atomic mass is 32.1. The van der Waals surface area contributed by atoms with E-state index in [0.29, 0.717) is 10.4 Å². The number of hydrogen-bond acceptors (Lipinski definition) is 3. The Balaban J connectivity index is 1.80. The highest BCUT2D eigenvalue weighted by Gasteiger charge is 2.23. The molecule has 3 rings (SSSR count). The van der Waals surface area contributed by atoms with Crippen LogP contribution in [0.2, 0.25) is 0 Å². The second-order valence-electron chi connectivity index (χ2n) is 6.03. The zero-order valence-electron chi connectivity index (χ0n) is 13.4. The second kappa shape index (κ2) is 7.31. The standard InChI is InChI=1S/C18H17F2NO3S/c19-13-5-4-11(8-14(13)20)10-21(7-6-17(22)23)18(24)16-9-12-2-1-3-15(12)25-16/h4-5,8-9H,1-3,6-7,10H2,(H,22,23). The van der Waals surface area contributed by atoms with Gasteiger partial charge in [0.15, 0.2) is 11.6 Å². The average molecular weight is 365 g/mol. The van der Waals surface area contributed by atoms with E-state index in [9.17, 15) is 18.4 Å². The van der Waals surface area contributed by atoms with Gasteiger partial charge in [0, 0.05) is 18.0 Å². The minimum Gasteiger partial charge on any atom is -0.481 e. The van der Waals surface area contributed by atoms with Gasteiger partial charge in [-0.2, -0.15) is 0 Å². The van der Waals surface area contributed by atoms with E-state index < -0.39 is 17.6 Å². The molecule has 1 aliphatic carbocycles. The summed E-state index contributed by atoms with van der Waals surface area (Å²) in [4.78, 5) is 26.8. The van der Waals surface area contributed by atoms with Gasteiger partial charge in [-0.15, -0.1) is 11.3 Å². The van der Waals surface area contributed by atoms with Gasteiger partial charge < -0.3 is 10.0 Å². The molecule has 0 unspecified atom stereocenters. The van der Waals surface area contributed by atoms with Crippen molar-refractivity contribution in [3.05, 3.63) is 56.8 Å². The van der Waals surface area contributed by atoms with Gasteiger partial charge in [0.05, 0.1) is 11.3 Å². The second-order valence-corrected chi connectivity index (χ2v) is 7.17. The molecule has 0 radical (unpaired) electrons. The summed E-state index contributed by atoms with van der Waals surface area (Å²) in [5.74, 6) is -3.23. The van der Waals surface area contributed by atoms with E-state index in [1.54, 1.807) is 0 Å². The van der Waals surface area contributed by atoms with E-state index in [2.05, 4.69) is 0 Å². The molecular formula is C18H17F2NO3S. The lowest BCUT2D eigenvalue weighted by atomic mass is 10.2. The molecule has 1 amide bonds. The maximum Gasteiger partial charge on any atom is 0.305 e. The maximum atomic E-state index is 13.4. The Kier molecular flexibility index (Phi) is 5.13. The summed E-state index contributed by atoms with van der Waals surface area (Å²) in [6.45, 7) is 0.0433. The molecule has 2 aromatic rings. The smallest absolute Gasteiger partial charge is 0.305 e. The number of amides is 1. The van der Waals surface area contributed by atoms with Crippen molar-refractivity contribution in [3.8, 4) is 0 Å². The van der Waals surface area contributed by atoms with Crippen LogP contribution >= 0.6 is 11.3 Å². The van der Waals surface area contributed by atoms with Gasteiger partial charge >= 0.3 is 5.97 Å². The fourth-order valence-electron chi connectivity index (χ4n) is 2.93. The molecule has 1 N–H and O–H groups in total.